The van der Waals surface area contributed by atoms with Crippen molar-refractivity contribution in [2.24, 2.45) is 10.4 Å². The molecule has 1 heterocycles. The standard InChI is InChI=1S/C23H31N3O3/c1-2-24-22(26-17-23(11-13-27)12-14-28-18-23)25-16-19-7-6-10-21(15-19)29-20-8-4-3-5-9-20/h3-10,15,27H,2,11-14,16-18H2,1H3,(H2,24,25,26). The van der Waals surface area contributed by atoms with Crippen LogP contribution in [0.2, 0.25) is 0 Å². The minimum atomic E-state index is -0.0195. The quantitative estimate of drug-likeness (QED) is 0.447. The van der Waals surface area contributed by atoms with Gasteiger partial charge in [-0.2, -0.15) is 0 Å². The maximum absolute atomic E-state index is 9.40. The number of guanidine groups is 1. The van der Waals surface area contributed by atoms with E-state index in [0.29, 0.717) is 13.2 Å². The van der Waals surface area contributed by atoms with E-state index in [2.05, 4.69) is 10.6 Å². The summed E-state index contributed by atoms with van der Waals surface area (Å²) in [5, 5.41) is 16.1. The topological polar surface area (TPSA) is 75.1 Å². The van der Waals surface area contributed by atoms with Gasteiger partial charge < -0.3 is 25.2 Å². The normalized spacial score (nSPS) is 19.2. The molecule has 1 aliphatic heterocycles. The number of aliphatic hydroxyl groups is 1. The van der Waals surface area contributed by atoms with E-state index >= 15 is 0 Å². The molecule has 0 bridgehead atoms. The van der Waals surface area contributed by atoms with Crippen LogP contribution in [0.4, 0.5) is 0 Å². The highest BCUT2D eigenvalue weighted by Crippen LogP contribution is 2.31. The first-order chi connectivity index (χ1) is 14.2. The molecular weight excluding hydrogens is 366 g/mol. The summed E-state index contributed by atoms with van der Waals surface area (Å²) in [4.78, 5) is 4.72. The lowest BCUT2D eigenvalue weighted by Crippen LogP contribution is -2.44. The Morgan fingerprint density at radius 3 is 2.69 bits per heavy atom. The van der Waals surface area contributed by atoms with Gasteiger partial charge in [-0.15, -0.1) is 0 Å². The Bertz CT molecular complexity index is 774. The van der Waals surface area contributed by atoms with Crippen molar-refractivity contribution in [2.75, 3.05) is 32.9 Å². The van der Waals surface area contributed by atoms with Gasteiger partial charge in [-0.25, -0.2) is 4.99 Å². The van der Waals surface area contributed by atoms with Crippen LogP contribution in [0.15, 0.2) is 59.6 Å². The number of rotatable bonds is 9. The average molecular weight is 398 g/mol. The van der Waals surface area contributed by atoms with Crippen LogP contribution in [0, 0.1) is 5.41 Å². The Kier molecular flexibility index (Phi) is 7.90. The molecule has 0 amide bonds. The minimum Gasteiger partial charge on any atom is -0.457 e. The number of hydrogen-bond donors (Lipinski definition) is 3. The minimum absolute atomic E-state index is 0.0195. The molecule has 1 saturated heterocycles. The van der Waals surface area contributed by atoms with Crippen molar-refractivity contribution in [3.8, 4) is 11.5 Å². The van der Waals surface area contributed by atoms with E-state index in [0.717, 1.165) is 55.6 Å². The van der Waals surface area contributed by atoms with Gasteiger partial charge in [0.15, 0.2) is 5.96 Å². The summed E-state index contributed by atoms with van der Waals surface area (Å²) in [6.07, 6.45) is 1.69. The van der Waals surface area contributed by atoms with Crippen molar-refractivity contribution in [2.45, 2.75) is 26.3 Å². The van der Waals surface area contributed by atoms with Gasteiger partial charge in [0.1, 0.15) is 11.5 Å². The molecule has 2 aromatic carbocycles. The summed E-state index contributed by atoms with van der Waals surface area (Å²) in [6, 6.07) is 17.7. The summed E-state index contributed by atoms with van der Waals surface area (Å²) in [6.45, 7) is 5.72. The van der Waals surface area contributed by atoms with Gasteiger partial charge in [-0.05, 0) is 49.6 Å². The Morgan fingerprint density at radius 1 is 1.14 bits per heavy atom. The Morgan fingerprint density at radius 2 is 1.97 bits per heavy atom. The Balaban J connectivity index is 1.61. The van der Waals surface area contributed by atoms with E-state index in [9.17, 15) is 5.11 Å². The maximum Gasteiger partial charge on any atom is 0.191 e. The van der Waals surface area contributed by atoms with E-state index in [-0.39, 0.29) is 12.0 Å². The molecule has 0 aromatic heterocycles. The second kappa shape index (κ2) is 10.8. The third-order valence-corrected chi connectivity index (χ3v) is 5.10. The molecule has 6 heteroatoms. The van der Waals surface area contributed by atoms with Crippen molar-refractivity contribution in [1.29, 1.82) is 0 Å². The lowest BCUT2D eigenvalue weighted by Gasteiger charge is -2.27. The first-order valence-corrected chi connectivity index (χ1v) is 10.3. The fraction of sp³-hybridized carbons (Fsp3) is 0.435. The zero-order valence-corrected chi connectivity index (χ0v) is 17.1. The Labute approximate surface area is 173 Å². The smallest absolute Gasteiger partial charge is 0.191 e. The molecule has 2 aromatic rings. The number of aliphatic imine (C=N–C) groups is 1. The van der Waals surface area contributed by atoms with E-state index in [1.165, 1.54) is 0 Å². The highest BCUT2D eigenvalue weighted by Gasteiger charge is 2.34. The summed E-state index contributed by atoms with van der Waals surface area (Å²) in [5.74, 6) is 2.38. The molecule has 0 saturated carbocycles. The zero-order chi connectivity index (χ0) is 20.4. The lowest BCUT2D eigenvalue weighted by atomic mass is 9.84. The molecule has 3 rings (SSSR count). The highest BCUT2D eigenvalue weighted by molar-refractivity contribution is 5.79. The van der Waals surface area contributed by atoms with E-state index in [1.807, 2.05) is 61.5 Å². The number of para-hydroxylation sites is 1. The zero-order valence-electron chi connectivity index (χ0n) is 17.1. The monoisotopic (exact) mass is 397 g/mol. The molecule has 1 atom stereocenters. The van der Waals surface area contributed by atoms with Crippen molar-refractivity contribution in [3.63, 3.8) is 0 Å². The van der Waals surface area contributed by atoms with E-state index in [1.54, 1.807) is 0 Å². The SMILES string of the molecule is CCNC(=NCc1cccc(Oc2ccccc2)c1)NCC1(CCO)CCOC1. The number of benzene rings is 2. The van der Waals surface area contributed by atoms with E-state index in [4.69, 9.17) is 14.5 Å². The molecule has 156 valence electrons. The number of ether oxygens (including phenoxy) is 2. The molecule has 0 aliphatic carbocycles. The van der Waals surface area contributed by atoms with Crippen molar-refractivity contribution < 1.29 is 14.6 Å². The third-order valence-electron chi connectivity index (χ3n) is 5.10. The van der Waals surface area contributed by atoms with Gasteiger partial charge in [0.05, 0.1) is 13.2 Å². The van der Waals surface area contributed by atoms with Crippen molar-refractivity contribution >= 4 is 5.96 Å². The third kappa shape index (κ3) is 6.48. The molecule has 3 N–H and O–H groups in total. The number of nitrogens with zero attached hydrogens (tertiary/aromatic N) is 1. The second-order valence-corrected chi connectivity index (χ2v) is 7.39. The molecule has 1 aliphatic rings. The summed E-state index contributed by atoms with van der Waals surface area (Å²) in [7, 11) is 0. The predicted molar refractivity (Wildman–Crippen MR) is 115 cm³/mol. The predicted octanol–water partition coefficient (Wildman–Crippen LogP) is 3.32. The van der Waals surface area contributed by atoms with Gasteiger partial charge in [-0.1, -0.05) is 30.3 Å². The van der Waals surface area contributed by atoms with E-state index < -0.39 is 0 Å². The van der Waals surface area contributed by atoms with Gasteiger partial charge in [0.2, 0.25) is 0 Å². The maximum atomic E-state index is 9.40. The van der Waals surface area contributed by atoms with Crippen LogP contribution in [0.5, 0.6) is 11.5 Å². The molecule has 0 spiro atoms. The van der Waals surface area contributed by atoms with Crippen LogP contribution in [0.3, 0.4) is 0 Å². The van der Waals surface area contributed by atoms with Gasteiger partial charge in [0, 0.05) is 31.7 Å². The average Bonchev–Trinajstić information content (AvgIpc) is 3.20. The summed E-state index contributed by atoms with van der Waals surface area (Å²) < 4.78 is 11.5. The molecule has 6 nitrogen and oxygen atoms in total. The fourth-order valence-corrected chi connectivity index (χ4v) is 3.43. The molecule has 1 unspecified atom stereocenters. The van der Waals surface area contributed by atoms with Crippen LogP contribution in [0.1, 0.15) is 25.3 Å². The number of nitrogens with one attached hydrogen (secondary N) is 2. The largest absolute Gasteiger partial charge is 0.457 e. The van der Waals surface area contributed by atoms with Crippen LogP contribution < -0.4 is 15.4 Å². The first-order valence-electron chi connectivity index (χ1n) is 10.3. The number of hydrogen-bond acceptors (Lipinski definition) is 4. The molecule has 1 fully saturated rings. The molecular formula is C23H31N3O3. The summed E-state index contributed by atoms with van der Waals surface area (Å²) >= 11 is 0. The molecule has 0 radical (unpaired) electrons. The van der Waals surface area contributed by atoms with Crippen molar-refractivity contribution in [3.05, 3.63) is 60.2 Å². The van der Waals surface area contributed by atoms with Gasteiger partial charge in [0.25, 0.3) is 0 Å². The van der Waals surface area contributed by atoms with Gasteiger partial charge >= 0.3 is 0 Å². The lowest BCUT2D eigenvalue weighted by molar-refractivity contribution is 0.127. The first kappa shape index (κ1) is 21.1. The second-order valence-electron chi connectivity index (χ2n) is 7.39. The van der Waals surface area contributed by atoms with Crippen molar-refractivity contribution in [1.82, 2.24) is 10.6 Å². The number of aliphatic hydroxyl groups excluding tert-OH is 1. The Hall–Kier alpha value is -2.57. The van der Waals surface area contributed by atoms with Crippen LogP contribution >= 0.6 is 0 Å². The van der Waals surface area contributed by atoms with Gasteiger partial charge in [-0.3, -0.25) is 0 Å². The van der Waals surface area contributed by atoms with Crippen LogP contribution in [-0.4, -0.2) is 44.0 Å². The molecule has 29 heavy (non-hydrogen) atoms. The van der Waals surface area contributed by atoms with Crippen LogP contribution in [-0.2, 0) is 11.3 Å². The fourth-order valence-electron chi connectivity index (χ4n) is 3.43. The van der Waals surface area contributed by atoms with Crippen LogP contribution in [0.25, 0.3) is 0 Å². The summed E-state index contributed by atoms with van der Waals surface area (Å²) in [5.41, 5.74) is 1.05. The highest BCUT2D eigenvalue weighted by atomic mass is 16.5.